The van der Waals surface area contributed by atoms with Crippen LogP contribution >= 0.6 is 0 Å². The van der Waals surface area contributed by atoms with Gasteiger partial charge in [-0.15, -0.1) is 0 Å². The van der Waals surface area contributed by atoms with Crippen molar-refractivity contribution in [2.75, 3.05) is 0 Å². The van der Waals surface area contributed by atoms with Gasteiger partial charge < -0.3 is 10.4 Å². The number of aliphatic hydroxyl groups excluding tert-OH is 1. The fourth-order valence-corrected chi connectivity index (χ4v) is 1.76. The summed E-state index contributed by atoms with van der Waals surface area (Å²) in [4.78, 5) is 15.3. The van der Waals surface area contributed by atoms with E-state index in [-0.39, 0.29) is 29.3 Å². The molecule has 18 heavy (non-hydrogen) atoms. The maximum atomic E-state index is 12.9. The first-order chi connectivity index (χ1) is 8.36. The molecule has 1 saturated carbocycles. The monoisotopic (exact) mass is 256 g/mol. The van der Waals surface area contributed by atoms with Crippen LogP contribution in [0.1, 0.15) is 35.8 Å². The maximum absolute atomic E-state index is 12.9. The summed E-state index contributed by atoms with van der Waals surface area (Å²) >= 11 is 0. The molecule has 0 atom stereocenters. The topological polar surface area (TPSA) is 62.2 Å². The standard InChI is InChI=1S/C12H14F2N2O2/c1-12(13,14)10-3-2-7(6-15-10)11(18)16-8-4-9(17)5-8/h2-3,6,8-9,17H,4-5H2,1H3,(H,16,18). The van der Waals surface area contributed by atoms with Gasteiger partial charge in [-0.25, -0.2) is 0 Å². The Kier molecular flexibility index (Phi) is 3.30. The minimum absolute atomic E-state index is 0.0419. The number of hydrogen-bond acceptors (Lipinski definition) is 3. The first-order valence-corrected chi connectivity index (χ1v) is 5.69. The molecule has 2 N–H and O–H groups in total. The quantitative estimate of drug-likeness (QED) is 0.860. The summed E-state index contributed by atoms with van der Waals surface area (Å²) in [7, 11) is 0. The Labute approximate surface area is 103 Å². The zero-order valence-electron chi connectivity index (χ0n) is 9.86. The first-order valence-electron chi connectivity index (χ1n) is 5.69. The number of aromatic nitrogens is 1. The van der Waals surface area contributed by atoms with E-state index in [0.29, 0.717) is 12.8 Å². The Balaban J connectivity index is 1.99. The van der Waals surface area contributed by atoms with Crippen LogP contribution < -0.4 is 5.32 Å². The Morgan fingerprint density at radius 1 is 1.50 bits per heavy atom. The van der Waals surface area contributed by atoms with Gasteiger partial charge in [0.15, 0.2) is 0 Å². The van der Waals surface area contributed by atoms with E-state index in [9.17, 15) is 13.6 Å². The third-order valence-corrected chi connectivity index (χ3v) is 2.92. The Morgan fingerprint density at radius 3 is 2.61 bits per heavy atom. The second kappa shape index (κ2) is 4.61. The lowest BCUT2D eigenvalue weighted by molar-refractivity contribution is 0.0127. The predicted molar refractivity (Wildman–Crippen MR) is 60.3 cm³/mol. The number of carbonyl (C=O) groups is 1. The Morgan fingerprint density at radius 2 is 2.17 bits per heavy atom. The summed E-state index contributed by atoms with van der Waals surface area (Å²) < 4.78 is 25.8. The molecule has 4 nitrogen and oxygen atoms in total. The molecule has 0 bridgehead atoms. The van der Waals surface area contributed by atoms with Crippen LogP contribution in [0.4, 0.5) is 8.78 Å². The summed E-state index contributed by atoms with van der Waals surface area (Å²) in [6.45, 7) is 0.755. The zero-order chi connectivity index (χ0) is 13.3. The van der Waals surface area contributed by atoms with E-state index in [4.69, 9.17) is 5.11 Å². The van der Waals surface area contributed by atoms with Crippen molar-refractivity contribution < 1.29 is 18.7 Å². The molecule has 6 heteroatoms. The van der Waals surface area contributed by atoms with Gasteiger partial charge in [-0.05, 0) is 25.0 Å². The number of amides is 1. The average Bonchev–Trinajstić information content (AvgIpc) is 2.26. The number of aliphatic hydroxyl groups is 1. The molecule has 1 aliphatic rings. The lowest BCUT2D eigenvalue weighted by atomic mass is 9.89. The molecular weight excluding hydrogens is 242 g/mol. The molecule has 1 aromatic heterocycles. The van der Waals surface area contributed by atoms with Gasteiger partial charge in [0.25, 0.3) is 11.8 Å². The van der Waals surface area contributed by atoms with Gasteiger partial charge in [0, 0.05) is 19.2 Å². The zero-order valence-corrected chi connectivity index (χ0v) is 9.86. The van der Waals surface area contributed by atoms with Gasteiger partial charge in [-0.3, -0.25) is 9.78 Å². The van der Waals surface area contributed by atoms with Gasteiger partial charge in [-0.2, -0.15) is 8.78 Å². The van der Waals surface area contributed by atoms with E-state index >= 15 is 0 Å². The number of alkyl halides is 2. The van der Waals surface area contributed by atoms with Gasteiger partial charge in [0.1, 0.15) is 5.69 Å². The van der Waals surface area contributed by atoms with Crippen LogP contribution in [0.5, 0.6) is 0 Å². The van der Waals surface area contributed by atoms with Gasteiger partial charge in [0.05, 0.1) is 11.7 Å². The summed E-state index contributed by atoms with van der Waals surface area (Å²) in [6, 6.07) is 2.43. The van der Waals surface area contributed by atoms with E-state index in [2.05, 4.69) is 10.3 Å². The number of carbonyl (C=O) groups excluding carboxylic acids is 1. The van der Waals surface area contributed by atoms with Gasteiger partial charge in [0.2, 0.25) is 0 Å². The molecule has 0 unspecified atom stereocenters. The van der Waals surface area contributed by atoms with Crippen LogP contribution in [0.15, 0.2) is 18.3 Å². The highest BCUT2D eigenvalue weighted by Gasteiger charge is 2.29. The Hall–Kier alpha value is -1.56. The van der Waals surface area contributed by atoms with Crippen molar-refractivity contribution in [3.8, 4) is 0 Å². The highest BCUT2D eigenvalue weighted by atomic mass is 19.3. The number of rotatable bonds is 3. The van der Waals surface area contributed by atoms with Crippen LogP contribution in [-0.4, -0.2) is 28.1 Å². The highest BCUT2D eigenvalue weighted by Crippen LogP contribution is 2.25. The summed E-state index contributed by atoms with van der Waals surface area (Å²) in [5.74, 6) is -3.36. The van der Waals surface area contributed by atoms with E-state index < -0.39 is 5.92 Å². The fraction of sp³-hybridized carbons (Fsp3) is 0.500. The smallest absolute Gasteiger partial charge is 0.286 e. The van der Waals surface area contributed by atoms with Crippen LogP contribution in [0.25, 0.3) is 0 Å². The molecule has 0 aromatic carbocycles. The first kappa shape index (κ1) is 12.9. The SMILES string of the molecule is CC(F)(F)c1ccc(C(=O)NC2CC(O)C2)cn1. The van der Waals surface area contributed by atoms with Crippen molar-refractivity contribution in [2.24, 2.45) is 0 Å². The number of halogens is 2. The molecule has 98 valence electrons. The lowest BCUT2D eigenvalue weighted by Crippen LogP contribution is -2.46. The number of nitrogens with one attached hydrogen (secondary N) is 1. The minimum atomic E-state index is -3.01. The molecule has 1 amide bonds. The summed E-state index contributed by atoms with van der Waals surface area (Å²) in [5.41, 5.74) is -0.123. The van der Waals surface area contributed by atoms with Crippen molar-refractivity contribution in [2.45, 2.75) is 37.8 Å². The fourth-order valence-electron chi connectivity index (χ4n) is 1.76. The van der Waals surface area contributed by atoms with Crippen LogP contribution in [-0.2, 0) is 5.92 Å². The molecule has 0 radical (unpaired) electrons. The van der Waals surface area contributed by atoms with Crippen molar-refractivity contribution in [3.63, 3.8) is 0 Å². The normalized spacial score (nSPS) is 23.3. The summed E-state index contributed by atoms with van der Waals surface area (Å²) in [5, 5.41) is 11.8. The van der Waals surface area contributed by atoms with E-state index in [1.165, 1.54) is 6.07 Å². The molecule has 1 aliphatic carbocycles. The molecule has 0 saturated heterocycles. The van der Waals surface area contributed by atoms with E-state index in [1.807, 2.05) is 0 Å². The van der Waals surface area contributed by atoms with Crippen molar-refractivity contribution in [1.29, 1.82) is 0 Å². The van der Waals surface area contributed by atoms with Crippen LogP contribution in [0.3, 0.4) is 0 Å². The van der Waals surface area contributed by atoms with Gasteiger partial charge in [-0.1, -0.05) is 0 Å². The third-order valence-electron chi connectivity index (χ3n) is 2.92. The minimum Gasteiger partial charge on any atom is -0.393 e. The highest BCUT2D eigenvalue weighted by molar-refractivity contribution is 5.94. The lowest BCUT2D eigenvalue weighted by Gasteiger charge is -2.31. The molecular formula is C12H14F2N2O2. The predicted octanol–water partition coefficient (Wildman–Crippen LogP) is 1.45. The third kappa shape index (κ3) is 2.81. The van der Waals surface area contributed by atoms with E-state index in [1.54, 1.807) is 0 Å². The van der Waals surface area contributed by atoms with Crippen LogP contribution in [0.2, 0.25) is 0 Å². The second-order valence-corrected chi connectivity index (χ2v) is 4.62. The number of pyridine rings is 1. The van der Waals surface area contributed by atoms with E-state index in [0.717, 1.165) is 19.2 Å². The average molecular weight is 256 g/mol. The molecule has 0 spiro atoms. The molecule has 1 aromatic rings. The molecule has 1 heterocycles. The molecule has 0 aliphatic heterocycles. The summed E-state index contributed by atoms with van der Waals surface area (Å²) in [6.07, 6.45) is 1.85. The van der Waals surface area contributed by atoms with Gasteiger partial charge >= 0.3 is 0 Å². The maximum Gasteiger partial charge on any atom is 0.286 e. The number of nitrogens with zero attached hydrogens (tertiary/aromatic N) is 1. The van der Waals surface area contributed by atoms with Crippen molar-refractivity contribution in [3.05, 3.63) is 29.6 Å². The van der Waals surface area contributed by atoms with Crippen LogP contribution in [0, 0.1) is 0 Å². The Bertz CT molecular complexity index is 436. The van der Waals surface area contributed by atoms with Crippen molar-refractivity contribution in [1.82, 2.24) is 10.3 Å². The number of hydrogen-bond donors (Lipinski definition) is 2. The molecule has 2 rings (SSSR count). The largest absolute Gasteiger partial charge is 0.393 e. The van der Waals surface area contributed by atoms with Crippen molar-refractivity contribution >= 4 is 5.91 Å². The molecule has 1 fully saturated rings. The second-order valence-electron chi connectivity index (χ2n) is 4.62.